The molecule has 4 heteroatoms. The fourth-order valence-electron chi connectivity index (χ4n) is 2.73. The molecule has 1 amide bonds. The van der Waals surface area contributed by atoms with Crippen LogP contribution in [-0.4, -0.2) is 18.5 Å². The number of anilines is 2. The molecule has 3 nitrogen and oxygen atoms in total. The van der Waals surface area contributed by atoms with Crippen LogP contribution in [0.1, 0.15) is 25.7 Å². The van der Waals surface area contributed by atoms with Gasteiger partial charge in [0.15, 0.2) is 0 Å². The molecule has 0 aromatic heterocycles. The number of benzene rings is 1. The second-order valence-electron chi connectivity index (χ2n) is 4.71. The highest BCUT2D eigenvalue weighted by Gasteiger charge is 2.33. The maximum Gasteiger partial charge on any atom is 0.247 e. The smallest absolute Gasteiger partial charge is 0.247 e. The van der Waals surface area contributed by atoms with Gasteiger partial charge in [0.05, 0.1) is 11.4 Å². The molecular weight excluding hydrogens is 236 g/mol. The molecule has 0 radical (unpaired) electrons. The minimum absolute atomic E-state index is 0.0107. The molecule has 1 aromatic carbocycles. The van der Waals surface area contributed by atoms with Gasteiger partial charge in [-0.3, -0.25) is 4.79 Å². The minimum Gasteiger partial charge on any atom is -0.358 e. The van der Waals surface area contributed by atoms with Crippen LogP contribution in [0.15, 0.2) is 18.2 Å². The van der Waals surface area contributed by atoms with Gasteiger partial charge in [-0.15, -0.1) is 0 Å². The largest absolute Gasteiger partial charge is 0.358 e. The number of rotatable bonds is 0. The number of carbonyl (C=O) groups excluding carboxylic acids is 1. The normalized spacial score (nSPS) is 23.5. The van der Waals surface area contributed by atoms with Gasteiger partial charge < -0.3 is 10.2 Å². The van der Waals surface area contributed by atoms with E-state index in [2.05, 4.69) is 10.2 Å². The Morgan fingerprint density at radius 3 is 3.06 bits per heavy atom. The number of carbonyl (C=O) groups is 1. The minimum atomic E-state index is -0.0107. The summed E-state index contributed by atoms with van der Waals surface area (Å²) in [5.41, 5.74) is 1.96. The molecule has 1 aromatic rings. The number of nitrogens with zero attached hydrogens (tertiary/aromatic N) is 1. The van der Waals surface area contributed by atoms with Crippen molar-refractivity contribution < 1.29 is 4.79 Å². The van der Waals surface area contributed by atoms with Gasteiger partial charge >= 0.3 is 0 Å². The topological polar surface area (TPSA) is 32.3 Å². The van der Waals surface area contributed by atoms with Crippen molar-refractivity contribution in [3.8, 4) is 0 Å². The molecule has 0 bridgehead atoms. The predicted octanol–water partition coefficient (Wildman–Crippen LogP) is 3.04. The first-order valence-corrected chi connectivity index (χ1v) is 6.50. The Bertz CT molecular complexity index is 461. The molecule has 0 aliphatic carbocycles. The zero-order chi connectivity index (χ0) is 11.8. The van der Waals surface area contributed by atoms with Crippen molar-refractivity contribution in [2.45, 2.75) is 31.7 Å². The summed E-state index contributed by atoms with van der Waals surface area (Å²) in [6.45, 7) is 0.950. The lowest BCUT2D eigenvalue weighted by molar-refractivity contribution is -0.117. The second-order valence-corrected chi connectivity index (χ2v) is 5.15. The first-order valence-electron chi connectivity index (χ1n) is 6.13. The number of hydrogen-bond acceptors (Lipinski definition) is 2. The summed E-state index contributed by atoms with van der Waals surface area (Å²) < 4.78 is 0. The molecule has 1 saturated heterocycles. The molecule has 3 rings (SSSR count). The maximum absolute atomic E-state index is 12.0. The Kier molecular flexibility index (Phi) is 2.71. The van der Waals surface area contributed by atoms with Gasteiger partial charge in [0, 0.05) is 11.6 Å². The van der Waals surface area contributed by atoms with Crippen LogP contribution < -0.4 is 10.2 Å². The average molecular weight is 251 g/mol. The Balaban J connectivity index is 2.05. The SMILES string of the molecule is O=C1Nc2ccc(Cl)cc2N2CCCCCC12. The summed E-state index contributed by atoms with van der Waals surface area (Å²) in [5, 5.41) is 3.70. The highest BCUT2D eigenvalue weighted by molar-refractivity contribution is 6.31. The third kappa shape index (κ3) is 1.89. The summed E-state index contributed by atoms with van der Waals surface area (Å²) in [5.74, 6) is 0.127. The first-order chi connectivity index (χ1) is 8.25. The number of nitrogens with one attached hydrogen (secondary N) is 1. The van der Waals surface area contributed by atoms with Crippen LogP contribution in [0.2, 0.25) is 5.02 Å². The molecular formula is C13H15ClN2O. The fraction of sp³-hybridized carbons (Fsp3) is 0.462. The van der Waals surface area contributed by atoms with Gasteiger partial charge in [-0.25, -0.2) is 0 Å². The molecule has 2 heterocycles. The van der Waals surface area contributed by atoms with E-state index in [0.717, 1.165) is 42.2 Å². The van der Waals surface area contributed by atoms with Gasteiger partial charge in [-0.2, -0.15) is 0 Å². The van der Waals surface area contributed by atoms with Gasteiger partial charge in [0.1, 0.15) is 6.04 Å². The Labute approximate surface area is 106 Å². The standard InChI is InChI=1S/C13H15ClN2O/c14-9-5-6-10-12(8-9)16-7-3-1-2-4-11(16)13(17)15-10/h5-6,8,11H,1-4,7H2,(H,15,17). The molecule has 1 unspecified atom stereocenters. The van der Waals surface area contributed by atoms with Crippen molar-refractivity contribution in [2.24, 2.45) is 0 Å². The third-order valence-electron chi connectivity index (χ3n) is 3.58. The Hall–Kier alpha value is -1.22. The molecule has 1 atom stereocenters. The van der Waals surface area contributed by atoms with Crippen molar-refractivity contribution in [3.63, 3.8) is 0 Å². The molecule has 17 heavy (non-hydrogen) atoms. The number of amides is 1. The lowest BCUT2D eigenvalue weighted by Gasteiger charge is -2.37. The summed E-state index contributed by atoms with van der Waals surface area (Å²) in [6.07, 6.45) is 4.42. The van der Waals surface area contributed by atoms with Crippen LogP contribution in [0.4, 0.5) is 11.4 Å². The van der Waals surface area contributed by atoms with E-state index in [1.165, 1.54) is 6.42 Å². The number of hydrogen-bond donors (Lipinski definition) is 1. The van der Waals surface area contributed by atoms with E-state index in [1.807, 2.05) is 18.2 Å². The van der Waals surface area contributed by atoms with E-state index in [4.69, 9.17) is 11.6 Å². The van der Waals surface area contributed by atoms with Gasteiger partial charge in [-0.05, 0) is 31.0 Å². The van der Waals surface area contributed by atoms with Gasteiger partial charge in [0.25, 0.3) is 0 Å². The zero-order valence-corrected chi connectivity index (χ0v) is 10.3. The van der Waals surface area contributed by atoms with Crippen molar-refractivity contribution in [3.05, 3.63) is 23.2 Å². The van der Waals surface area contributed by atoms with E-state index in [9.17, 15) is 4.79 Å². The highest BCUT2D eigenvalue weighted by Crippen LogP contribution is 2.36. The van der Waals surface area contributed by atoms with Crippen molar-refractivity contribution in [1.82, 2.24) is 0 Å². The van der Waals surface area contributed by atoms with E-state index in [-0.39, 0.29) is 11.9 Å². The van der Waals surface area contributed by atoms with E-state index >= 15 is 0 Å². The Morgan fingerprint density at radius 2 is 2.18 bits per heavy atom. The van der Waals surface area contributed by atoms with Crippen LogP contribution in [-0.2, 0) is 4.79 Å². The van der Waals surface area contributed by atoms with Crippen LogP contribution in [0.5, 0.6) is 0 Å². The quantitative estimate of drug-likeness (QED) is 0.768. The highest BCUT2D eigenvalue weighted by atomic mass is 35.5. The maximum atomic E-state index is 12.0. The van der Waals surface area contributed by atoms with Crippen LogP contribution >= 0.6 is 11.6 Å². The van der Waals surface area contributed by atoms with Crippen molar-refractivity contribution in [2.75, 3.05) is 16.8 Å². The first kappa shape index (κ1) is 10.9. The second kappa shape index (κ2) is 4.22. The van der Waals surface area contributed by atoms with Crippen molar-refractivity contribution >= 4 is 28.9 Å². The summed E-state index contributed by atoms with van der Waals surface area (Å²) in [7, 11) is 0. The van der Waals surface area contributed by atoms with Gasteiger partial charge in [0.2, 0.25) is 5.91 Å². The van der Waals surface area contributed by atoms with E-state index < -0.39 is 0 Å². The lowest BCUT2D eigenvalue weighted by atomic mass is 10.0. The summed E-state index contributed by atoms with van der Waals surface area (Å²) >= 11 is 6.05. The van der Waals surface area contributed by atoms with Crippen LogP contribution in [0.3, 0.4) is 0 Å². The number of fused-ring (bicyclic) bond motifs is 3. The average Bonchev–Trinajstić information content (AvgIpc) is 2.56. The molecule has 1 N–H and O–H groups in total. The Morgan fingerprint density at radius 1 is 1.29 bits per heavy atom. The lowest BCUT2D eigenvalue weighted by Crippen LogP contribution is -2.47. The third-order valence-corrected chi connectivity index (χ3v) is 3.82. The zero-order valence-electron chi connectivity index (χ0n) is 9.58. The van der Waals surface area contributed by atoms with Crippen molar-refractivity contribution in [1.29, 1.82) is 0 Å². The number of halogens is 1. The molecule has 1 fully saturated rings. The van der Waals surface area contributed by atoms with E-state index in [1.54, 1.807) is 0 Å². The summed E-state index contributed by atoms with van der Waals surface area (Å²) in [6, 6.07) is 5.65. The van der Waals surface area contributed by atoms with Crippen LogP contribution in [0.25, 0.3) is 0 Å². The molecule has 2 aliphatic heterocycles. The fourth-order valence-corrected chi connectivity index (χ4v) is 2.90. The predicted molar refractivity (Wildman–Crippen MR) is 69.7 cm³/mol. The van der Waals surface area contributed by atoms with E-state index in [0.29, 0.717) is 0 Å². The monoisotopic (exact) mass is 250 g/mol. The molecule has 90 valence electrons. The molecule has 0 saturated carbocycles. The van der Waals surface area contributed by atoms with Crippen LogP contribution in [0, 0.1) is 0 Å². The van der Waals surface area contributed by atoms with Gasteiger partial charge in [-0.1, -0.05) is 24.4 Å². The molecule has 0 spiro atoms. The summed E-state index contributed by atoms with van der Waals surface area (Å²) in [4.78, 5) is 14.3. The molecule has 2 aliphatic rings.